The van der Waals surface area contributed by atoms with Gasteiger partial charge in [0.15, 0.2) is 11.5 Å². The highest BCUT2D eigenvalue weighted by Gasteiger charge is 2.21. The molecule has 0 saturated heterocycles. The van der Waals surface area contributed by atoms with Crippen LogP contribution in [0.5, 0.6) is 17.2 Å². The largest absolute Gasteiger partial charge is 0.490 e. The van der Waals surface area contributed by atoms with Crippen LogP contribution in [0.2, 0.25) is 0 Å². The number of ether oxygens (including phenoxy) is 3. The van der Waals surface area contributed by atoms with Gasteiger partial charge in [-0.3, -0.25) is 4.79 Å². The zero-order valence-corrected chi connectivity index (χ0v) is 46.6. The SMILES string of the molecule is CCCCCCCCCCCCOc1cc(C(=O)Nc2ccc(C(=C(c3ccccc3)c3ccccc3)c3ccccc3)cc2)cc(OCCCCCCCCCCCC)c1OCCCCCCCCCCCC. The van der Waals surface area contributed by atoms with E-state index in [-0.39, 0.29) is 5.91 Å². The fourth-order valence-electron chi connectivity index (χ4n) is 10.0. The first-order valence-electron chi connectivity index (χ1n) is 30.0. The lowest BCUT2D eigenvalue weighted by atomic mass is 9.86. The normalized spacial score (nSPS) is 11.1. The molecule has 5 rings (SSSR count). The number of amides is 1. The highest BCUT2D eigenvalue weighted by Crippen LogP contribution is 2.41. The number of hydrogen-bond donors (Lipinski definition) is 1. The highest BCUT2D eigenvalue weighted by atomic mass is 16.5. The van der Waals surface area contributed by atoms with Crippen LogP contribution in [0.4, 0.5) is 5.69 Å². The van der Waals surface area contributed by atoms with E-state index in [1.54, 1.807) is 0 Å². The Labute approximate surface area is 450 Å². The molecule has 5 nitrogen and oxygen atoms in total. The van der Waals surface area contributed by atoms with Crippen molar-refractivity contribution in [3.63, 3.8) is 0 Å². The molecule has 0 atom stereocenters. The number of carbonyl (C=O) groups is 1. The molecule has 0 aliphatic carbocycles. The minimum Gasteiger partial charge on any atom is -0.490 e. The van der Waals surface area contributed by atoms with Crippen LogP contribution in [0, 0.1) is 0 Å². The molecular weight excluding hydrogens is 907 g/mol. The van der Waals surface area contributed by atoms with Crippen LogP contribution in [-0.2, 0) is 0 Å². The summed E-state index contributed by atoms with van der Waals surface area (Å²) in [4.78, 5) is 14.5. The minimum absolute atomic E-state index is 0.209. The molecule has 1 N–H and O–H groups in total. The van der Waals surface area contributed by atoms with Crippen molar-refractivity contribution in [1.29, 1.82) is 0 Å². The van der Waals surface area contributed by atoms with Crippen LogP contribution in [-0.4, -0.2) is 25.7 Å². The minimum atomic E-state index is -0.209. The van der Waals surface area contributed by atoms with E-state index < -0.39 is 0 Å². The molecule has 0 fully saturated rings. The third-order valence-electron chi connectivity index (χ3n) is 14.4. The first-order valence-corrected chi connectivity index (χ1v) is 30.0. The lowest BCUT2D eigenvalue weighted by molar-refractivity contribution is 0.102. The van der Waals surface area contributed by atoms with Gasteiger partial charge in [0.1, 0.15) is 0 Å². The Kier molecular flexibility index (Phi) is 30.8. The first kappa shape index (κ1) is 59.6. The molecule has 74 heavy (non-hydrogen) atoms. The van der Waals surface area contributed by atoms with E-state index in [4.69, 9.17) is 14.2 Å². The molecule has 5 aromatic carbocycles. The smallest absolute Gasteiger partial charge is 0.255 e. The van der Waals surface area contributed by atoms with Gasteiger partial charge in [-0.05, 0) is 76.9 Å². The van der Waals surface area contributed by atoms with E-state index in [0.29, 0.717) is 48.3 Å². The maximum absolute atomic E-state index is 14.5. The monoisotopic (exact) mass is 1000 g/mol. The van der Waals surface area contributed by atoms with Crippen molar-refractivity contribution in [1.82, 2.24) is 0 Å². The summed E-state index contributed by atoms with van der Waals surface area (Å²) in [6.07, 6.45) is 37.9. The number of unbranched alkanes of at least 4 members (excludes halogenated alkanes) is 27. The van der Waals surface area contributed by atoms with Gasteiger partial charge in [0.2, 0.25) is 5.75 Å². The van der Waals surface area contributed by atoms with Crippen LogP contribution in [0.1, 0.15) is 246 Å². The number of carbonyl (C=O) groups excluding carboxylic acids is 1. The molecule has 1 amide bonds. The third kappa shape index (κ3) is 23.1. The van der Waals surface area contributed by atoms with E-state index in [9.17, 15) is 4.79 Å². The molecule has 0 spiro atoms. The highest BCUT2D eigenvalue weighted by molar-refractivity contribution is 6.06. The summed E-state index contributed by atoms with van der Waals surface area (Å²) >= 11 is 0. The Morgan fingerprint density at radius 2 is 0.608 bits per heavy atom. The molecule has 5 aromatic rings. The molecule has 0 aliphatic rings. The second-order valence-electron chi connectivity index (χ2n) is 20.8. The van der Waals surface area contributed by atoms with E-state index in [1.165, 1.54) is 154 Å². The van der Waals surface area contributed by atoms with Crippen molar-refractivity contribution < 1.29 is 19.0 Å². The Hall–Kier alpha value is -5.29. The molecule has 402 valence electrons. The third-order valence-corrected chi connectivity index (χ3v) is 14.4. The molecule has 0 aliphatic heterocycles. The Bertz CT molecular complexity index is 2130. The van der Waals surface area contributed by atoms with Gasteiger partial charge in [-0.15, -0.1) is 0 Å². The Morgan fingerprint density at radius 1 is 0.324 bits per heavy atom. The summed E-state index contributed by atoms with van der Waals surface area (Å²) < 4.78 is 19.9. The molecule has 0 bridgehead atoms. The molecule has 0 saturated carbocycles. The summed E-state index contributed by atoms with van der Waals surface area (Å²) in [6, 6.07) is 43.9. The van der Waals surface area contributed by atoms with Gasteiger partial charge < -0.3 is 19.5 Å². The summed E-state index contributed by atoms with van der Waals surface area (Å²) in [5, 5.41) is 3.24. The van der Waals surface area contributed by atoms with Gasteiger partial charge in [-0.1, -0.05) is 297 Å². The van der Waals surface area contributed by atoms with Crippen molar-refractivity contribution in [2.75, 3.05) is 25.1 Å². The fourth-order valence-corrected chi connectivity index (χ4v) is 10.0. The average molecular weight is 1000 g/mol. The topological polar surface area (TPSA) is 56.8 Å². The fraction of sp³-hybridized carbons (Fsp3) is 0.522. The number of benzene rings is 5. The maximum Gasteiger partial charge on any atom is 0.255 e. The van der Waals surface area contributed by atoms with E-state index in [0.717, 1.165) is 71.9 Å². The zero-order chi connectivity index (χ0) is 51.9. The second kappa shape index (κ2) is 38.3. The Balaban J connectivity index is 1.34. The second-order valence-corrected chi connectivity index (χ2v) is 20.8. The van der Waals surface area contributed by atoms with E-state index in [1.807, 2.05) is 24.3 Å². The summed E-state index contributed by atoms with van der Waals surface area (Å²) in [6.45, 7) is 8.57. The van der Waals surface area contributed by atoms with Gasteiger partial charge in [0.05, 0.1) is 19.8 Å². The molecular formula is C69H97NO4. The van der Waals surface area contributed by atoms with Crippen molar-refractivity contribution in [2.45, 2.75) is 213 Å². The molecule has 0 radical (unpaired) electrons. The lowest BCUT2D eigenvalue weighted by Crippen LogP contribution is -2.14. The van der Waals surface area contributed by atoms with Gasteiger partial charge >= 0.3 is 0 Å². The van der Waals surface area contributed by atoms with Gasteiger partial charge in [-0.2, -0.15) is 0 Å². The van der Waals surface area contributed by atoms with Crippen LogP contribution in [0.15, 0.2) is 127 Å². The Morgan fingerprint density at radius 3 is 0.932 bits per heavy atom. The van der Waals surface area contributed by atoms with E-state index >= 15 is 0 Å². The van der Waals surface area contributed by atoms with Crippen LogP contribution in [0.3, 0.4) is 0 Å². The van der Waals surface area contributed by atoms with Crippen molar-refractivity contribution in [2.24, 2.45) is 0 Å². The van der Waals surface area contributed by atoms with Crippen LogP contribution < -0.4 is 19.5 Å². The van der Waals surface area contributed by atoms with Crippen molar-refractivity contribution in [3.05, 3.63) is 155 Å². The average Bonchev–Trinajstić information content (AvgIpc) is 3.43. The van der Waals surface area contributed by atoms with Gasteiger partial charge in [0, 0.05) is 11.3 Å². The lowest BCUT2D eigenvalue weighted by Gasteiger charge is -2.19. The van der Waals surface area contributed by atoms with Gasteiger partial charge in [-0.25, -0.2) is 0 Å². The van der Waals surface area contributed by atoms with Crippen LogP contribution in [0.25, 0.3) is 11.1 Å². The maximum atomic E-state index is 14.5. The predicted octanol–water partition coefficient (Wildman–Crippen LogP) is 20.8. The summed E-state index contributed by atoms with van der Waals surface area (Å²) in [5.41, 5.74) is 7.96. The number of rotatable bonds is 42. The molecule has 5 heteroatoms. The quantitative estimate of drug-likeness (QED) is 0.0313. The number of anilines is 1. The van der Waals surface area contributed by atoms with Gasteiger partial charge in [0.25, 0.3) is 5.91 Å². The number of hydrogen-bond acceptors (Lipinski definition) is 4. The van der Waals surface area contributed by atoms with Crippen molar-refractivity contribution in [3.8, 4) is 17.2 Å². The zero-order valence-electron chi connectivity index (χ0n) is 46.6. The number of nitrogens with one attached hydrogen (secondary N) is 1. The molecule has 0 aromatic heterocycles. The van der Waals surface area contributed by atoms with Crippen molar-refractivity contribution >= 4 is 22.7 Å². The molecule has 0 heterocycles. The van der Waals surface area contributed by atoms with E-state index in [2.05, 4.69) is 129 Å². The molecule has 0 unspecified atom stereocenters. The summed E-state index contributed by atoms with van der Waals surface area (Å²) in [7, 11) is 0. The first-order chi connectivity index (χ1) is 36.6. The standard InChI is InChI=1S/C69H97NO4/c1-4-7-10-13-16-19-22-25-28-40-53-72-64-56-62(57-65(73-54-41-29-26-23-20-17-14-11-8-5-2)68(64)74-55-42-30-27-24-21-18-15-12-9-6-3)69(71)70-63-51-49-61(50-52-63)67(60-47-38-33-39-48-60)66(58-43-34-31-35-44-58)59-45-36-32-37-46-59/h31-39,43-52,56-57H,4-30,40-42,53-55H2,1-3H3,(H,70,71). The summed E-state index contributed by atoms with van der Waals surface area (Å²) in [5.74, 6) is 1.62. The predicted molar refractivity (Wildman–Crippen MR) is 317 cm³/mol. The van der Waals surface area contributed by atoms with Crippen LogP contribution >= 0.6 is 0 Å².